The third-order valence-electron chi connectivity index (χ3n) is 3.70. The van der Waals surface area contributed by atoms with Gasteiger partial charge in [-0.3, -0.25) is 0 Å². The van der Waals surface area contributed by atoms with E-state index in [1.165, 1.54) is 0 Å². The van der Waals surface area contributed by atoms with Crippen molar-refractivity contribution in [2.75, 3.05) is 6.61 Å². The molecule has 0 saturated heterocycles. The Bertz CT molecular complexity index is 504. The van der Waals surface area contributed by atoms with Gasteiger partial charge in [-0.2, -0.15) is 0 Å². The van der Waals surface area contributed by atoms with Crippen LogP contribution in [0.5, 0.6) is 5.75 Å². The molecule has 0 amide bonds. The first-order valence-corrected chi connectivity index (χ1v) is 6.95. The monoisotopic (exact) mass is 261 g/mol. The highest BCUT2D eigenvalue weighted by molar-refractivity contribution is 5.99. The number of hydrogen-bond acceptors (Lipinski definition) is 3. The zero-order valence-corrected chi connectivity index (χ0v) is 12.4. The maximum atomic E-state index is 10.5. The number of aryl methyl sites for hydroxylation is 1. The second kappa shape index (κ2) is 5.24. The first kappa shape index (κ1) is 13.9. The minimum absolute atomic E-state index is 0.191. The molecule has 0 saturated carbocycles. The third kappa shape index (κ3) is 2.60. The average Bonchev–Trinajstić information content (AvgIpc) is 2.78. The van der Waals surface area contributed by atoms with Gasteiger partial charge in [0, 0.05) is 0 Å². The second-order valence-electron chi connectivity index (χ2n) is 5.91. The van der Waals surface area contributed by atoms with E-state index in [-0.39, 0.29) is 12.0 Å². The Morgan fingerprint density at radius 1 is 1.26 bits per heavy atom. The Kier molecular flexibility index (Phi) is 3.83. The van der Waals surface area contributed by atoms with Crippen molar-refractivity contribution in [3.8, 4) is 5.75 Å². The summed E-state index contributed by atoms with van der Waals surface area (Å²) in [6, 6.07) is 4.20. The number of hydrogen-bond donors (Lipinski definition) is 1. The molecular weight excluding hydrogens is 238 g/mol. The number of phenols is 1. The normalized spacial score (nSPS) is 18.9. The molecular formula is C16H23NO2. The standard InChI is InChI=1S/C16H23NO2/c1-9(2)12-7-6-11(5)14(15(12)18)16-17-13(8-19-16)10(3)4/h6-7,9-10,13,18H,8H2,1-5H3. The summed E-state index contributed by atoms with van der Waals surface area (Å²) in [6.45, 7) is 11.0. The number of rotatable bonds is 3. The summed E-state index contributed by atoms with van der Waals surface area (Å²) in [6.07, 6.45) is 0. The van der Waals surface area contributed by atoms with Gasteiger partial charge in [-0.05, 0) is 29.9 Å². The third-order valence-corrected chi connectivity index (χ3v) is 3.70. The van der Waals surface area contributed by atoms with E-state index in [4.69, 9.17) is 4.74 Å². The van der Waals surface area contributed by atoms with Crippen molar-refractivity contribution in [2.45, 2.75) is 46.6 Å². The molecule has 1 heterocycles. The van der Waals surface area contributed by atoms with E-state index in [1.54, 1.807) is 0 Å². The maximum absolute atomic E-state index is 10.5. The molecule has 3 nitrogen and oxygen atoms in total. The first-order valence-electron chi connectivity index (χ1n) is 6.95. The number of nitrogens with zero attached hydrogens (tertiary/aromatic N) is 1. The SMILES string of the molecule is Cc1ccc(C(C)C)c(O)c1C1=NC(C(C)C)CO1. The van der Waals surface area contributed by atoms with Crippen molar-refractivity contribution in [2.24, 2.45) is 10.9 Å². The van der Waals surface area contributed by atoms with Crippen LogP contribution >= 0.6 is 0 Å². The number of benzene rings is 1. The Balaban J connectivity index is 2.46. The van der Waals surface area contributed by atoms with Crippen LogP contribution < -0.4 is 0 Å². The van der Waals surface area contributed by atoms with Gasteiger partial charge in [0.15, 0.2) is 0 Å². The van der Waals surface area contributed by atoms with E-state index in [2.05, 4.69) is 32.7 Å². The number of phenolic OH excluding ortho intramolecular Hbond substituents is 1. The van der Waals surface area contributed by atoms with Crippen LogP contribution in [-0.2, 0) is 4.74 Å². The average molecular weight is 261 g/mol. The molecule has 1 atom stereocenters. The highest BCUT2D eigenvalue weighted by atomic mass is 16.5. The zero-order valence-electron chi connectivity index (χ0n) is 12.4. The van der Waals surface area contributed by atoms with Crippen molar-refractivity contribution in [3.63, 3.8) is 0 Å². The van der Waals surface area contributed by atoms with Crippen molar-refractivity contribution < 1.29 is 9.84 Å². The molecule has 1 aromatic rings. The molecule has 1 aliphatic rings. The van der Waals surface area contributed by atoms with Crippen LogP contribution in [0.1, 0.15) is 50.3 Å². The fourth-order valence-electron chi connectivity index (χ4n) is 2.31. The van der Waals surface area contributed by atoms with Gasteiger partial charge >= 0.3 is 0 Å². The van der Waals surface area contributed by atoms with Gasteiger partial charge < -0.3 is 9.84 Å². The van der Waals surface area contributed by atoms with E-state index < -0.39 is 0 Å². The van der Waals surface area contributed by atoms with E-state index >= 15 is 0 Å². The predicted octanol–water partition coefficient (Wildman–Crippen LogP) is 3.63. The summed E-state index contributed by atoms with van der Waals surface area (Å²) >= 11 is 0. The highest BCUT2D eigenvalue weighted by Crippen LogP contribution is 2.33. The Hall–Kier alpha value is -1.51. The highest BCUT2D eigenvalue weighted by Gasteiger charge is 2.26. The van der Waals surface area contributed by atoms with Crippen molar-refractivity contribution in [1.82, 2.24) is 0 Å². The quantitative estimate of drug-likeness (QED) is 0.902. The number of aromatic hydroxyl groups is 1. The smallest absolute Gasteiger partial charge is 0.220 e. The van der Waals surface area contributed by atoms with Crippen LogP contribution in [0.2, 0.25) is 0 Å². The van der Waals surface area contributed by atoms with Crippen LogP contribution in [0, 0.1) is 12.8 Å². The van der Waals surface area contributed by atoms with E-state index in [1.807, 2.05) is 19.1 Å². The lowest BCUT2D eigenvalue weighted by Crippen LogP contribution is -2.13. The number of aliphatic imine (C=N–C) groups is 1. The first-order chi connectivity index (χ1) is 8.91. The van der Waals surface area contributed by atoms with Gasteiger partial charge in [0.05, 0.1) is 11.6 Å². The van der Waals surface area contributed by atoms with Crippen molar-refractivity contribution >= 4 is 5.90 Å². The summed E-state index contributed by atoms with van der Waals surface area (Å²) in [5.41, 5.74) is 2.71. The Morgan fingerprint density at radius 3 is 2.47 bits per heavy atom. The molecule has 0 fully saturated rings. The molecule has 0 bridgehead atoms. The summed E-state index contributed by atoms with van der Waals surface area (Å²) in [5.74, 6) is 1.64. The van der Waals surface area contributed by atoms with Crippen LogP contribution in [0.4, 0.5) is 0 Å². The largest absolute Gasteiger partial charge is 0.507 e. The van der Waals surface area contributed by atoms with E-state index in [9.17, 15) is 5.11 Å². The predicted molar refractivity (Wildman–Crippen MR) is 78.0 cm³/mol. The molecule has 1 N–H and O–H groups in total. The molecule has 0 spiro atoms. The summed E-state index contributed by atoms with van der Waals surface area (Å²) in [5, 5.41) is 10.5. The molecule has 1 unspecified atom stereocenters. The van der Waals surface area contributed by atoms with Gasteiger partial charge in [0.2, 0.25) is 5.90 Å². The summed E-state index contributed by atoms with van der Waals surface area (Å²) < 4.78 is 5.70. The van der Waals surface area contributed by atoms with Crippen LogP contribution in [0.15, 0.2) is 17.1 Å². The fraction of sp³-hybridized carbons (Fsp3) is 0.562. The minimum atomic E-state index is 0.191. The van der Waals surface area contributed by atoms with Crippen LogP contribution in [-0.4, -0.2) is 23.7 Å². The number of ether oxygens (including phenoxy) is 1. The molecule has 1 aliphatic heterocycles. The zero-order chi connectivity index (χ0) is 14.2. The molecule has 19 heavy (non-hydrogen) atoms. The molecule has 2 rings (SSSR count). The van der Waals surface area contributed by atoms with Gasteiger partial charge in [-0.25, -0.2) is 4.99 Å². The van der Waals surface area contributed by atoms with E-state index in [0.717, 1.165) is 16.7 Å². The molecule has 0 aromatic heterocycles. The fourth-order valence-corrected chi connectivity index (χ4v) is 2.31. The van der Waals surface area contributed by atoms with Gasteiger partial charge in [0.1, 0.15) is 12.4 Å². The maximum Gasteiger partial charge on any atom is 0.220 e. The molecule has 0 aliphatic carbocycles. The lowest BCUT2D eigenvalue weighted by molar-refractivity contribution is 0.291. The lowest BCUT2D eigenvalue weighted by Gasteiger charge is -2.14. The summed E-state index contributed by atoms with van der Waals surface area (Å²) in [7, 11) is 0. The lowest BCUT2D eigenvalue weighted by atomic mass is 9.96. The van der Waals surface area contributed by atoms with E-state index in [0.29, 0.717) is 24.2 Å². The molecule has 3 heteroatoms. The summed E-state index contributed by atoms with van der Waals surface area (Å²) in [4.78, 5) is 4.61. The van der Waals surface area contributed by atoms with Gasteiger partial charge in [-0.15, -0.1) is 0 Å². The van der Waals surface area contributed by atoms with Gasteiger partial charge in [0.25, 0.3) is 0 Å². The van der Waals surface area contributed by atoms with Crippen LogP contribution in [0.25, 0.3) is 0 Å². The second-order valence-corrected chi connectivity index (χ2v) is 5.91. The van der Waals surface area contributed by atoms with Crippen molar-refractivity contribution in [1.29, 1.82) is 0 Å². The minimum Gasteiger partial charge on any atom is -0.507 e. The topological polar surface area (TPSA) is 41.8 Å². The van der Waals surface area contributed by atoms with Gasteiger partial charge in [-0.1, -0.05) is 39.8 Å². The van der Waals surface area contributed by atoms with Crippen LogP contribution in [0.3, 0.4) is 0 Å². The Labute approximate surface area is 115 Å². The molecule has 104 valence electrons. The van der Waals surface area contributed by atoms with Crippen molar-refractivity contribution in [3.05, 3.63) is 28.8 Å². The molecule has 1 aromatic carbocycles. The Morgan fingerprint density at radius 2 is 1.95 bits per heavy atom. The molecule has 0 radical (unpaired) electrons.